The number of hydrogen-bond acceptors (Lipinski definition) is 3. The molecule has 0 aromatic heterocycles. The van der Waals surface area contributed by atoms with Crippen molar-refractivity contribution < 1.29 is 9.84 Å². The minimum Gasteiger partial charge on any atom is -0.491 e. The third-order valence-electron chi connectivity index (χ3n) is 3.79. The highest BCUT2D eigenvalue weighted by Gasteiger charge is 2.31. The molecule has 3 heteroatoms. The number of nitrogens with two attached hydrogens (primary N) is 1. The molecule has 0 radical (unpaired) electrons. The van der Waals surface area contributed by atoms with Crippen molar-refractivity contribution >= 4 is 0 Å². The fraction of sp³-hybridized carbons (Fsp3) is 0.600. The van der Waals surface area contributed by atoms with Crippen molar-refractivity contribution in [2.75, 3.05) is 6.61 Å². The highest BCUT2D eigenvalue weighted by atomic mass is 16.5. The van der Waals surface area contributed by atoms with Crippen LogP contribution >= 0.6 is 0 Å². The molecule has 0 amide bonds. The second-order valence-corrected chi connectivity index (χ2v) is 5.30. The molecule has 18 heavy (non-hydrogen) atoms. The topological polar surface area (TPSA) is 55.5 Å². The van der Waals surface area contributed by atoms with Gasteiger partial charge in [0.15, 0.2) is 0 Å². The molecule has 1 aromatic carbocycles. The van der Waals surface area contributed by atoms with Crippen molar-refractivity contribution in [2.45, 2.75) is 50.7 Å². The van der Waals surface area contributed by atoms with Crippen LogP contribution in [0.1, 0.15) is 50.6 Å². The molecule has 1 aliphatic rings. The Morgan fingerprint density at radius 1 is 1.28 bits per heavy atom. The zero-order chi connectivity index (χ0) is 13.0. The average Bonchev–Trinajstić information content (AvgIpc) is 2.83. The Bertz CT molecular complexity index is 369. The van der Waals surface area contributed by atoms with E-state index in [9.17, 15) is 5.11 Å². The molecule has 3 nitrogen and oxygen atoms in total. The lowest BCUT2D eigenvalue weighted by Gasteiger charge is -2.22. The first-order valence-electron chi connectivity index (χ1n) is 6.84. The molecule has 100 valence electrons. The van der Waals surface area contributed by atoms with Gasteiger partial charge in [-0.15, -0.1) is 0 Å². The van der Waals surface area contributed by atoms with Crippen molar-refractivity contribution in [3.63, 3.8) is 0 Å². The lowest BCUT2D eigenvalue weighted by atomic mass is 10.0. The molecule has 1 atom stereocenters. The summed E-state index contributed by atoms with van der Waals surface area (Å²) in [4.78, 5) is 0. The standard InChI is InChI=1S/C15H23NO2/c1-2-14(16)12-5-7-13(8-6-12)18-11-15(17)9-3-4-10-15/h5-8,14,17H,2-4,9-11,16H2,1H3. The molecule has 1 unspecified atom stereocenters. The summed E-state index contributed by atoms with van der Waals surface area (Å²) in [5, 5.41) is 10.2. The van der Waals surface area contributed by atoms with E-state index in [0.29, 0.717) is 6.61 Å². The van der Waals surface area contributed by atoms with Crippen LogP contribution in [-0.2, 0) is 0 Å². The van der Waals surface area contributed by atoms with Crippen LogP contribution in [0.4, 0.5) is 0 Å². The molecular formula is C15H23NO2. The summed E-state index contributed by atoms with van der Waals surface area (Å²) in [6, 6.07) is 7.97. The van der Waals surface area contributed by atoms with E-state index < -0.39 is 5.60 Å². The molecule has 1 saturated carbocycles. The van der Waals surface area contributed by atoms with Gasteiger partial charge in [0.2, 0.25) is 0 Å². The molecule has 0 heterocycles. The molecule has 1 aromatic rings. The van der Waals surface area contributed by atoms with E-state index >= 15 is 0 Å². The number of rotatable bonds is 5. The number of ether oxygens (including phenoxy) is 1. The van der Waals surface area contributed by atoms with Crippen LogP contribution in [0.25, 0.3) is 0 Å². The molecule has 1 aliphatic carbocycles. The number of benzene rings is 1. The zero-order valence-corrected chi connectivity index (χ0v) is 11.1. The fourth-order valence-electron chi connectivity index (χ4n) is 2.44. The largest absolute Gasteiger partial charge is 0.491 e. The van der Waals surface area contributed by atoms with Crippen molar-refractivity contribution in [1.82, 2.24) is 0 Å². The quantitative estimate of drug-likeness (QED) is 0.843. The van der Waals surface area contributed by atoms with Crippen LogP contribution in [0.5, 0.6) is 5.75 Å². The summed E-state index contributed by atoms with van der Waals surface area (Å²) in [6.07, 6.45) is 4.84. The maximum atomic E-state index is 10.2. The monoisotopic (exact) mass is 249 g/mol. The van der Waals surface area contributed by atoms with E-state index in [1.165, 1.54) is 0 Å². The van der Waals surface area contributed by atoms with Crippen molar-refractivity contribution in [3.8, 4) is 5.75 Å². The summed E-state index contributed by atoms with van der Waals surface area (Å²) in [5.74, 6) is 0.808. The molecule has 1 fully saturated rings. The Labute approximate surface area is 109 Å². The number of hydrogen-bond donors (Lipinski definition) is 2. The van der Waals surface area contributed by atoms with Gasteiger partial charge in [0.1, 0.15) is 12.4 Å². The minimum absolute atomic E-state index is 0.0954. The van der Waals surface area contributed by atoms with E-state index in [-0.39, 0.29) is 6.04 Å². The smallest absolute Gasteiger partial charge is 0.119 e. The van der Waals surface area contributed by atoms with Gasteiger partial charge in [0.25, 0.3) is 0 Å². The molecule has 0 saturated heterocycles. The van der Waals surface area contributed by atoms with Gasteiger partial charge in [-0.1, -0.05) is 31.9 Å². The third kappa shape index (κ3) is 3.24. The Kier molecular flexibility index (Phi) is 4.25. The van der Waals surface area contributed by atoms with Gasteiger partial charge < -0.3 is 15.6 Å². The van der Waals surface area contributed by atoms with Crippen molar-refractivity contribution in [1.29, 1.82) is 0 Å². The maximum Gasteiger partial charge on any atom is 0.119 e. The highest BCUT2D eigenvalue weighted by molar-refractivity contribution is 5.29. The van der Waals surface area contributed by atoms with Gasteiger partial charge in [-0.25, -0.2) is 0 Å². The Morgan fingerprint density at radius 3 is 2.44 bits per heavy atom. The van der Waals surface area contributed by atoms with Crippen LogP contribution in [0.2, 0.25) is 0 Å². The molecular weight excluding hydrogens is 226 g/mol. The van der Waals surface area contributed by atoms with Crippen LogP contribution < -0.4 is 10.5 Å². The maximum absolute atomic E-state index is 10.2. The van der Waals surface area contributed by atoms with Gasteiger partial charge in [-0.3, -0.25) is 0 Å². The van der Waals surface area contributed by atoms with Gasteiger partial charge >= 0.3 is 0 Å². The van der Waals surface area contributed by atoms with Gasteiger partial charge in [0, 0.05) is 6.04 Å². The third-order valence-corrected chi connectivity index (χ3v) is 3.79. The predicted molar refractivity (Wildman–Crippen MR) is 72.6 cm³/mol. The predicted octanol–water partition coefficient (Wildman–Crippen LogP) is 2.78. The van der Waals surface area contributed by atoms with Gasteiger partial charge in [-0.2, -0.15) is 0 Å². The minimum atomic E-state index is -0.613. The first-order chi connectivity index (χ1) is 8.63. The van der Waals surface area contributed by atoms with Crippen LogP contribution in [0.15, 0.2) is 24.3 Å². The van der Waals surface area contributed by atoms with E-state index in [0.717, 1.165) is 43.4 Å². The Balaban J connectivity index is 1.90. The summed E-state index contributed by atoms with van der Waals surface area (Å²) in [5.41, 5.74) is 6.47. The Hall–Kier alpha value is -1.06. The lowest BCUT2D eigenvalue weighted by molar-refractivity contribution is 0.00140. The van der Waals surface area contributed by atoms with E-state index in [1.54, 1.807) is 0 Å². The van der Waals surface area contributed by atoms with Crippen LogP contribution in [-0.4, -0.2) is 17.3 Å². The second-order valence-electron chi connectivity index (χ2n) is 5.30. The van der Waals surface area contributed by atoms with Gasteiger partial charge in [-0.05, 0) is 37.0 Å². The summed E-state index contributed by atoms with van der Waals surface area (Å²) >= 11 is 0. The SMILES string of the molecule is CCC(N)c1ccc(OCC2(O)CCCC2)cc1. The summed E-state index contributed by atoms with van der Waals surface area (Å²) < 4.78 is 5.67. The Morgan fingerprint density at radius 2 is 1.89 bits per heavy atom. The summed E-state index contributed by atoms with van der Waals surface area (Å²) in [7, 11) is 0. The van der Waals surface area contributed by atoms with Crippen LogP contribution in [0.3, 0.4) is 0 Å². The van der Waals surface area contributed by atoms with Crippen molar-refractivity contribution in [2.24, 2.45) is 5.73 Å². The lowest BCUT2D eigenvalue weighted by Crippen LogP contribution is -2.32. The first-order valence-corrected chi connectivity index (χ1v) is 6.84. The van der Waals surface area contributed by atoms with Crippen molar-refractivity contribution in [3.05, 3.63) is 29.8 Å². The molecule has 3 N–H and O–H groups in total. The van der Waals surface area contributed by atoms with E-state index in [2.05, 4.69) is 6.92 Å². The van der Waals surface area contributed by atoms with Crippen LogP contribution in [0, 0.1) is 0 Å². The van der Waals surface area contributed by atoms with E-state index in [1.807, 2.05) is 24.3 Å². The fourth-order valence-corrected chi connectivity index (χ4v) is 2.44. The molecule has 2 rings (SSSR count). The first kappa shape index (κ1) is 13.4. The second kappa shape index (κ2) is 5.72. The van der Waals surface area contributed by atoms with Gasteiger partial charge in [0.05, 0.1) is 5.60 Å². The average molecular weight is 249 g/mol. The molecule has 0 spiro atoms. The molecule has 0 aliphatic heterocycles. The zero-order valence-electron chi connectivity index (χ0n) is 11.1. The number of aliphatic hydroxyl groups is 1. The van der Waals surface area contributed by atoms with E-state index in [4.69, 9.17) is 10.5 Å². The molecule has 0 bridgehead atoms. The highest BCUT2D eigenvalue weighted by Crippen LogP contribution is 2.30. The summed E-state index contributed by atoms with van der Waals surface area (Å²) in [6.45, 7) is 2.47. The normalized spacial score (nSPS) is 19.7.